The van der Waals surface area contributed by atoms with Gasteiger partial charge >= 0.3 is 0 Å². The first-order valence-corrected chi connectivity index (χ1v) is 10.1. The first-order chi connectivity index (χ1) is 14.1. The third kappa shape index (κ3) is 4.60. The number of nitrogens with one attached hydrogen (secondary N) is 1. The third-order valence-electron chi connectivity index (χ3n) is 5.70. The van der Waals surface area contributed by atoms with E-state index in [1.807, 2.05) is 41.3 Å². The molecule has 0 saturated carbocycles. The minimum atomic E-state index is -1.36. The second-order valence-electron chi connectivity index (χ2n) is 7.71. The predicted octanol–water partition coefficient (Wildman–Crippen LogP) is 3.14. The van der Waals surface area contributed by atoms with Gasteiger partial charge in [-0.15, -0.1) is 0 Å². The number of allylic oxidation sites excluding steroid dienone is 3. The maximum atomic E-state index is 14.7. The van der Waals surface area contributed by atoms with Crippen LogP contribution in [0.15, 0.2) is 60.2 Å². The SMILES string of the molecule is COc1ccc(COC2NC3CCN(CC4C=CC=CC4)C(=O)C3=CC2F)cc1. The van der Waals surface area contributed by atoms with Gasteiger partial charge < -0.3 is 14.4 Å². The summed E-state index contributed by atoms with van der Waals surface area (Å²) in [4.78, 5) is 14.7. The smallest absolute Gasteiger partial charge is 0.251 e. The molecule has 2 heterocycles. The van der Waals surface area contributed by atoms with Gasteiger partial charge in [0.2, 0.25) is 0 Å². The van der Waals surface area contributed by atoms with Crippen molar-refractivity contribution >= 4 is 5.91 Å². The normalized spacial score (nSPS) is 28.8. The second kappa shape index (κ2) is 8.93. The number of ether oxygens (including phenoxy) is 2. The number of hydrogen-bond donors (Lipinski definition) is 1. The van der Waals surface area contributed by atoms with E-state index in [2.05, 4.69) is 17.5 Å². The first kappa shape index (κ1) is 19.9. The number of rotatable bonds is 6. The van der Waals surface area contributed by atoms with Crippen LogP contribution < -0.4 is 10.1 Å². The molecule has 1 saturated heterocycles. The zero-order chi connectivity index (χ0) is 20.2. The standard InChI is InChI=1S/C23H27FN2O3/c1-28-18-9-7-17(8-10-18)15-29-22-20(24)13-19-21(25-22)11-12-26(23(19)27)14-16-5-3-2-4-6-16/h2-5,7-10,13,16,20-22,25H,6,11-12,14-15H2,1H3. The Labute approximate surface area is 170 Å². The van der Waals surface area contributed by atoms with E-state index in [0.717, 1.165) is 24.2 Å². The van der Waals surface area contributed by atoms with Gasteiger partial charge in [-0.05, 0) is 42.5 Å². The molecule has 1 N–H and O–H groups in total. The van der Waals surface area contributed by atoms with E-state index in [1.54, 1.807) is 7.11 Å². The molecule has 0 bridgehead atoms. The van der Waals surface area contributed by atoms with E-state index in [0.29, 0.717) is 31.2 Å². The van der Waals surface area contributed by atoms with Crippen molar-refractivity contribution in [2.75, 3.05) is 20.2 Å². The zero-order valence-corrected chi connectivity index (χ0v) is 16.6. The fourth-order valence-corrected chi connectivity index (χ4v) is 4.06. The molecule has 0 spiro atoms. The highest BCUT2D eigenvalue weighted by molar-refractivity contribution is 5.96. The summed E-state index contributed by atoms with van der Waals surface area (Å²) in [5, 5.41) is 3.19. The maximum absolute atomic E-state index is 14.7. The summed E-state index contributed by atoms with van der Waals surface area (Å²) in [6.07, 6.45) is 9.34. The van der Waals surface area contributed by atoms with Crippen molar-refractivity contribution in [2.24, 2.45) is 5.92 Å². The Bertz CT molecular complexity index is 818. The molecule has 2 aliphatic heterocycles. The number of fused-ring (bicyclic) bond motifs is 1. The molecule has 0 aromatic heterocycles. The summed E-state index contributed by atoms with van der Waals surface area (Å²) in [6.45, 7) is 1.64. The summed E-state index contributed by atoms with van der Waals surface area (Å²) in [6, 6.07) is 7.33. The van der Waals surface area contributed by atoms with Gasteiger partial charge in [-0.2, -0.15) is 0 Å². The van der Waals surface area contributed by atoms with Crippen LogP contribution in [0.3, 0.4) is 0 Å². The average molecular weight is 398 g/mol. The highest BCUT2D eigenvalue weighted by Crippen LogP contribution is 2.27. The van der Waals surface area contributed by atoms with E-state index < -0.39 is 12.4 Å². The van der Waals surface area contributed by atoms with E-state index >= 15 is 0 Å². The highest BCUT2D eigenvalue weighted by Gasteiger charge is 2.39. The van der Waals surface area contributed by atoms with Gasteiger partial charge in [-0.25, -0.2) is 4.39 Å². The number of likely N-dealkylation sites (tertiary alicyclic amines) is 1. The molecule has 3 aliphatic rings. The minimum absolute atomic E-state index is 0.0621. The van der Waals surface area contributed by atoms with Gasteiger partial charge in [-0.1, -0.05) is 36.4 Å². The minimum Gasteiger partial charge on any atom is -0.497 e. The fourth-order valence-electron chi connectivity index (χ4n) is 4.06. The maximum Gasteiger partial charge on any atom is 0.251 e. The number of nitrogens with zero attached hydrogens (tertiary/aromatic N) is 1. The summed E-state index contributed by atoms with van der Waals surface area (Å²) >= 11 is 0. The van der Waals surface area contributed by atoms with Crippen LogP contribution in [0, 0.1) is 5.92 Å². The topological polar surface area (TPSA) is 50.8 Å². The lowest BCUT2D eigenvalue weighted by Crippen LogP contribution is -2.56. The zero-order valence-electron chi connectivity index (χ0n) is 16.6. The van der Waals surface area contributed by atoms with Crippen LogP contribution in [0.1, 0.15) is 18.4 Å². The number of carbonyl (C=O) groups is 1. The molecular formula is C23H27FN2O3. The first-order valence-electron chi connectivity index (χ1n) is 10.1. The molecule has 1 aliphatic carbocycles. The Morgan fingerprint density at radius 3 is 2.79 bits per heavy atom. The monoisotopic (exact) mass is 398 g/mol. The Balaban J connectivity index is 1.36. The molecule has 1 aromatic carbocycles. The van der Waals surface area contributed by atoms with Gasteiger partial charge in [0.05, 0.1) is 13.7 Å². The van der Waals surface area contributed by atoms with Crippen LogP contribution in [0.4, 0.5) is 4.39 Å². The van der Waals surface area contributed by atoms with Gasteiger partial charge in [0, 0.05) is 24.7 Å². The van der Waals surface area contributed by atoms with Crippen molar-refractivity contribution < 1.29 is 18.7 Å². The highest BCUT2D eigenvalue weighted by atomic mass is 19.1. The molecule has 4 atom stereocenters. The molecule has 1 fully saturated rings. The molecular weight excluding hydrogens is 371 g/mol. The molecule has 0 radical (unpaired) electrons. The molecule has 4 unspecified atom stereocenters. The molecule has 6 heteroatoms. The third-order valence-corrected chi connectivity index (χ3v) is 5.70. The largest absolute Gasteiger partial charge is 0.497 e. The number of alkyl halides is 1. The summed E-state index contributed by atoms with van der Waals surface area (Å²) in [7, 11) is 1.62. The lowest BCUT2D eigenvalue weighted by atomic mass is 9.91. The van der Waals surface area contributed by atoms with E-state index in [1.165, 1.54) is 6.08 Å². The number of benzene rings is 1. The van der Waals surface area contributed by atoms with E-state index in [-0.39, 0.29) is 11.9 Å². The van der Waals surface area contributed by atoms with E-state index in [4.69, 9.17) is 9.47 Å². The number of carbonyl (C=O) groups excluding carboxylic acids is 1. The van der Waals surface area contributed by atoms with Crippen LogP contribution in [0.25, 0.3) is 0 Å². The number of amides is 1. The molecule has 4 rings (SSSR count). The van der Waals surface area contributed by atoms with Gasteiger partial charge in [0.15, 0.2) is 6.17 Å². The number of halogens is 1. The van der Waals surface area contributed by atoms with Gasteiger partial charge in [-0.3, -0.25) is 10.1 Å². The van der Waals surface area contributed by atoms with Crippen molar-refractivity contribution in [3.63, 3.8) is 0 Å². The van der Waals surface area contributed by atoms with Crippen LogP contribution in [-0.2, 0) is 16.1 Å². The van der Waals surface area contributed by atoms with Crippen LogP contribution >= 0.6 is 0 Å². The lowest BCUT2D eigenvalue weighted by Gasteiger charge is -2.40. The predicted molar refractivity (Wildman–Crippen MR) is 109 cm³/mol. The molecule has 29 heavy (non-hydrogen) atoms. The number of hydrogen-bond acceptors (Lipinski definition) is 4. The van der Waals surface area contributed by atoms with Crippen molar-refractivity contribution in [3.05, 3.63) is 65.8 Å². The summed E-state index contributed by atoms with van der Waals surface area (Å²) in [5.74, 6) is 1.04. The van der Waals surface area contributed by atoms with Gasteiger partial charge in [0.1, 0.15) is 12.0 Å². The quantitative estimate of drug-likeness (QED) is 0.800. The van der Waals surface area contributed by atoms with Crippen LogP contribution in [0.2, 0.25) is 0 Å². The van der Waals surface area contributed by atoms with Crippen molar-refractivity contribution in [3.8, 4) is 5.75 Å². The molecule has 1 amide bonds. The average Bonchev–Trinajstić information content (AvgIpc) is 2.76. The second-order valence-corrected chi connectivity index (χ2v) is 7.71. The Morgan fingerprint density at radius 1 is 1.24 bits per heavy atom. The lowest BCUT2D eigenvalue weighted by molar-refractivity contribution is -0.130. The molecule has 5 nitrogen and oxygen atoms in total. The Kier molecular flexibility index (Phi) is 6.11. The van der Waals surface area contributed by atoms with Gasteiger partial charge in [0.25, 0.3) is 5.91 Å². The number of piperidine rings is 1. The van der Waals surface area contributed by atoms with Crippen LogP contribution in [0.5, 0.6) is 5.75 Å². The Hall–Kier alpha value is -2.44. The van der Waals surface area contributed by atoms with Crippen molar-refractivity contribution in [1.82, 2.24) is 10.2 Å². The molecule has 1 aromatic rings. The molecule has 154 valence electrons. The summed E-state index contributed by atoms with van der Waals surface area (Å²) in [5.41, 5.74) is 1.47. The summed E-state index contributed by atoms with van der Waals surface area (Å²) < 4.78 is 25.6. The van der Waals surface area contributed by atoms with Crippen molar-refractivity contribution in [2.45, 2.75) is 37.9 Å². The fraction of sp³-hybridized carbons (Fsp3) is 0.435. The Morgan fingerprint density at radius 2 is 2.07 bits per heavy atom. The number of methoxy groups -OCH3 is 1. The van der Waals surface area contributed by atoms with Crippen molar-refractivity contribution in [1.29, 1.82) is 0 Å². The van der Waals surface area contributed by atoms with E-state index in [9.17, 15) is 9.18 Å². The van der Waals surface area contributed by atoms with Crippen LogP contribution in [-0.4, -0.2) is 49.4 Å².